The van der Waals surface area contributed by atoms with Crippen molar-refractivity contribution in [1.82, 2.24) is 5.16 Å². The molecule has 5 nitrogen and oxygen atoms in total. The third-order valence-corrected chi connectivity index (χ3v) is 5.97. The maximum absolute atomic E-state index is 12.5. The molecule has 2 aliphatic rings. The smallest absolute Gasteiger partial charge is 0.159 e. The first-order valence-corrected chi connectivity index (χ1v) is 9.78. The highest BCUT2D eigenvalue weighted by Gasteiger charge is 2.30. The highest BCUT2D eigenvalue weighted by Crippen LogP contribution is 2.40. The SMILES string of the molecule is O=S(=O)(Cc1cc(C2CC2)on1)CC1OCCc2ccccc21. The van der Waals surface area contributed by atoms with Gasteiger partial charge in [-0.25, -0.2) is 8.42 Å². The van der Waals surface area contributed by atoms with E-state index in [9.17, 15) is 8.42 Å². The fraction of sp³-hybridized carbons (Fsp3) is 0.471. The molecule has 1 aliphatic carbocycles. The lowest BCUT2D eigenvalue weighted by atomic mass is 9.99. The van der Waals surface area contributed by atoms with Crippen molar-refractivity contribution in [1.29, 1.82) is 0 Å². The van der Waals surface area contributed by atoms with Crippen LogP contribution >= 0.6 is 0 Å². The second-order valence-electron chi connectivity index (χ2n) is 6.36. The Kier molecular flexibility index (Phi) is 3.73. The molecule has 1 aliphatic heterocycles. The maximum atomic E-state index is 12.5. The summed E-state index contributed by atoms with van der Waals surface area (Å²) in [5.41, 5.74) is 2.66. The first kappa shape index (κ1) is 14.9. The highest BCUT2D eigenvalue weighted by atomic mass is 32.2. The number of aromatic nitrogens is 1. The summed E-state index contributed by atoms with van der Waals surface area (Å²) in [5, 5.41) is 3.91. The summed E-state index contributed by atoms with van der Waals surface area (Å²) in [6.45, 7) is 0.562. The van der Waals surface area contributed by atoms with Crippen LogP contribution in [0.25, 0.3) is 0 Å². The first-order valence-electron chi connectivity index (χ1n) is 7.96. The summed E-state index contributed by atoms with van der Waals surface area (Å²) >= 11 is 0. The molecule has 4 rings (SSSR count). The number of hydrogen-bond acceptors (Lipinski definition) is 5. The summed E-state index contributed by atoms with van der Waals surface area (Å²) in [6.07, 6.45) is 2.66. The average molecular weight is 333 g/mol. The highest BCUT2D eigenvalue weighted by molar-refractivity contribution is 7.90. The van der Waals surface area contributed by atoms with Crippen LogP contribution < -0.4 is 0 Å². The zero-order valence-corrected chi connectivity index (χ0v) is 13.6. The Morgan fingerprint density at radius 3 is 2.87 bits per heavy atom. The van der Waals surface area contributed by atoms with E-state index in [1.165, 1.54) is 5.56 Å². The van der Waals surface area contributed by atoms with Crippen molar-refractivity contribution in [2.75, 3.05) is 12.4 Å². The summed E-state index contributed by atoms with van der Waals surface area (Å²) in [5.74, 6) is 1.14. The fourth-order valence-electron chi connectivity index (χ4n) is 3.09. The molecule has 0 saturated heterocycles. The molecule has 1 unspecified atom stereocenters. The van der Waals surface area contributed by atoms with E-state index in [2.05, 4.69) is 5.16 Å². The third-order valence-electron chi connectivity index (χ3n) is 4.42. The molecule has 1 saturated carbocycles. The van der Waals surface area contributed by atoms with Crippen molar-refractivity contribution in [3.05, 3.63) is 52.9 Å². The Balaban J connectivity index is 1.49. The Morgan fingerprint density at radius 1 is 1.22 bits per heavy atom. The number of nitrogens with zero attached hydrogens (tertiary/aromatic N) is 1. The Hall–Kier alpha value is -1.66. The lowest BCUT2D eigenvalue weighted by Gasteiger charge is -2.25. The van der Waals surface area contributed by atoms with Crippen LogP contribution in [0.3, 0.4) is 0 Å². The number of hydrogen-bond donors (Lipinski definition) is 0. The van der Waals surface area contributed by atoms with Gasteiger partial charge < -0.3 is 9.26 Å². The molecule has 0 N–H and O–H groups in total. The van der Waals surface area contributed by atoms with E-state index in [1.54, 1.807) is 6.07 Å². The molecule has 1 atom stereocenters. The van der Waals surface area contributed by atoms with Gasteiger partial charge in [0.25, 0.3) is 0 Å². The quantitative estimate of drug-likeness (QED) is 0.841. The van der Waals surface area contributed by atoms with Crippen LogP contribution in [0.5, 0.6) is 0 Å². The molecule has 1 fully saturated rings. The van der Waals surface area contributed by atoms with Gasteiger partial charge in [-0.1, -0.05) is 29.4 Å². The van der Waals surface area contributed by atoms with Crippen LogP contribution in [0.2, 0.25) is 0 Å². The van der Waals surface area contributed by atoms with Crippen molar-refractivity contribution in [2.24, 2.45) is 0 Å². The van der Waals surface area contributed by atoms with Crippen LogP contribution in [0.1, 0.15) is 47.4 Å². The van der Waals surface area contributed by atoms with E-state index in [-0.39, 0.29) is 17.6 Å². The van der Waals surface area contributed by atoms with Crippen LogP contribution in [0.4, 0.5) is 0 Å². The summed E-state index contributed by atoms with van der Waals surface area (Å²) in [7, 11) is -3.32. The number of sulfone groups is 1. The number of fused-ring (bicyclic) bond motifs is 1. The predicted molar refractivity (Wildman–Crippen MR) is 84.8 cm³/mol. The van der Waals surface area contributed by atoms with E-state index in [1.807, 2.05) is 24.3 Å². The fourth-order valence-corrected chi connectivity index (χ4v) is 4.53. The van der Waals surface area contributed by atoms with Gasteiger partial charge in [0.05, 0.1) is 29.9 Å². The van der Waals surface area contributed by atoms with Crippen LogP contribution in [0.15, 0.2) is 34.9 Å². The molecular formula is C17H19NO4S. The number of rotatable bonds is 5. The third kappa shape index (κ3) is 3.33. The Labute approximate surface area is 135 Å². The van der Waals surface area contributed by atoms with Crippen LogP contribution in [0, 0.1) is 0 Å². The minimum Gasteiger partial charge on any atom is -0.372 e. The summed E-state index contributed by atoms with van der Waals surface area (Å²) < 4.78 is 36.0. The van der Waals surface area contributed by atoms with Gasteiger partial charge in [0, 0.05) is 12.0 Å². The molecule has 23 heavy (non-hydrogen) atoms. The van der Waals surface area contributed by atoms with Crippen molar-refractivity contribution in [3.8, 4) is 0 Å². The molecular weight excluding hydrogens is 314 g/mol. The summed E-state index contributed by atoms with van der Waals surface area (Å²) in [4.78, 5) is 0. The van der Waals surface area contributed by atoms with Gasteiger partial charge in [-0.15, -0.1) is 0 Å². The molecule has 1 aromatic carbocycles. The van der Waals surface area contributed by atoms with Gasteiger partial charge in [-0.05, 0) is 30.4 Å². The van der Waals surface area contributed by atoms with Gasteiger partial charge in [0.1, 0.15) is 5.76 Å². The van der Waals surface area contributed by atoms with E-state index in [4.69, 9.17) is 9.26 Å². The number of benzene rings is 1. The van der Waals surface area contributed by atoms with Crippen molar-refractivity contribution in [2.45, 2.75) is 37.0 Å². The standard InChI is InChI=1S/C17H19NO4S/c19-23(20,10-14-9-16(22-18-14)13-5-6-13)11-17-15-4-2-1-3-12(15)7-8-21-17/h1-4,9,13,17H,5-8,10-11H2. The van der Waals surface area contributed by atoms with Gasteiger partial charge in [0.15, 0.2) is 9.84 Å². The van der Waals surface area contributed by atoms with Gasteiger partial charge in [-0.2, -0.15) is 0 Å². The van der Waals surface area contributed by atoms with Gasteiger partial charge in [0.2, 0.25) is 0 Å². The lowest BCUT2D eigenvalue weighted by molar-refractivity contribution is 0.0576. The molecule has 1 aromatic heterocycles. The Bertz CT molecular complexity index is 808. The topological polar surface area (TPSA) is 69.4 Å². The van der Waals surface area contributed by atoms with E-state index >= 15 is 0 Å². The predicted octanol–water partition coefficient (Wildman–Crippen LogP) is 2.78. The van der Waals surface area contributed by atoms with Crippen LogP contribution in [-0.2, 0) is 26.7 Å². The maximum Gasteiger partial charge on any atom is 0.159 e. The molecule has 0 radical (unpaired) electrons. The molecule has 0 bridgehead atoms. The molecule has 6 heteroatoms. The first-order chi connectivity index (χ1) is 11.1. The second-order valence-corrected chi connectivity index (χ2v) is 8.47. The van der Waals surface area contributed by atoms with Crippen LogP contribution in [-0.4, -0.2) is 25.9 Å². The minimum absolute atomic E-state index is 0.0182. The summed E-state index contributed by atoms with van der Waals surface area (Å²) in [6, 6.07) is 9.68. The van der Waals surface area contributed by atoms with Crippen molar-refractivity contribution < 1.29 is 17.7 Å². The normalized spacial score (nSPS) is 21.1. The lowest BCUT2D eigenvalue weighted by Crippen LogP contribution is -2.24. The molecule has 2 aromatic rings. The zero-order valence-electron chi connectivity index (χ0n) is 12.8. The minimum atomic E-state index is -3.32. The largest absolute Gasteiger partial charge is 0.372 e. The van der Waals surface area contributed by atoms with E-state index in [0.717, 1.165) is 30.6 Å². The average Bonchev–Trinajstić information content (AvgIpc) is 3.28. The van der Waals surface area contributed by atoms with Gasteiger partial charge in [-0.3, -0.25) is 0 Å². The molecule has 0 spiro atoms. The van der Waals surface area contributed by atoms with Gasteiger partial charge >= 0.3 is 0 Å². The van der Waals surface area contributed by atoms with Crippen molar-refractivity contribution >= 4 is 9.84 Å². The van der Waals surface area contributed by atoms with E-state index < -0.39 is 9.84 Å². The number of ether oxygens (including phenoxy) is 1. The van der Waals surface area contributed by atoms with E-state index in [0.29, 0.717) is 18.2 Å². The zero-order chi connectivity index (χ0) is 15.9. The molecule has 2 heterocycles. The van der Waals surface area contributed by atoms with Crippen molar-refractivity contribution in [3.63, 3.8) is 0 Å². The monoisotopic (exact) mass is 333 g/mol. The molecule has 0 amide bonds. The second kappa shape index (κ2) is 5.76. The Morgan fingerprint density at radius 2 is 2.04 bits per heavy atom. The molecule has 122 valence electrons.